The van der Waals surface area contributed by atoms with Crippen molar-refractivity contribution < 1.29 is 28.6 Å². The van der Waals surface area contributed by atoms with Crippen LogP contribution in [0.1, 0.15) is 24.0 Å². The Morgan fingerprint density at radius 3 is 2.59 bits per heavy atom. The van der Waals surface area contributed by atoms with E-state index in [1.54, 1.807) is 30.3 Å². The van der Waals surface area contributed by atoms with Gasteiger partial charge in [0.05, 0.1) is 13.5 Å². The molecule has 0 heterocycles. The molecule has 0 radical (unpaired) electrons. The van der Waals surface area contributed by atoms with E-state index in [4.69, 9.17) is 14.6 Å². The van der Waals surface area contributed by atoms with Crippen molar-refractivity contribution in [3.05, 3.63) is 59.4 Å². The smallest absolute Gasteiger partial charge is 0.303 e. The van der Waals surface area contributed by atoms with Gasteiger partial charge in [-0.25, -0.2) is 4.39 Å². The molecular formula is C20H22FNO5. The molecule has 144 valence electrons. The lowest BCUT2D eigenvalue weighted by molar-refractivity contribution is -0.138. The maximum absolute atomic E-state index is 13.7. The molecule has 0 unspecified atom stereocenters. The molecule has 0 aliphatic rings. The zero-order chi connectivity index (χ0) is 19.6. The van der Waals surface area contributed by atoms with Crippen LogP contribution < -0.4 is 14.8 Å². The molecule has 27 heavy (non-hydrogen) atoms. The number of methoxy groups -OCH3 is 1. The van der Waals surface area contributed by atoms with E-state index >= 15 is 0 Å². The first-order valence-corrected chi connectivity index (χ1v) is 8.51. The van der Waals surface area contributed by atoms with Crippen LogP contribution in [0.5, 0.6) is 11.5 Å². The summed E-state index contributed by atoms with van der Waals surface area (Å²) in [7, 11) is 1.52. The highest BCUT2D eigenvalue weighted by Gasteiger charge is 2.09. The highest BCUT2D eigenvalue weighted by Crippen LogP contribution is 2.29. The van der Waals surface area contributed by atoms with E-state index in [-0.39, 0.29) is 31.2 Å². The van der Waals surface area contributed by atoms with Gasteiger partial charge in [-0.3, -0.25) is 9.59 Å². The summed E-state index contributed by atoms with van der Waals surface area (Å²) in [6.07, 6.45) is 0.331. The number of carboxylic acid groups (broad SMARTS) is 1. The van der Waals surface area contributed by atoms with Crippen molar-refractivity contribution in [3.63, 3.8) is 0 Å². The Morgan fingerprint density at radius 1 is 1.11 bits per heavy atom. The highest BCUT2D eigenvalue weighted by atomic mass is 19.1. The van der Waals surface area contributed by atoms with E-state index in [1.165, 1.54) is 13.2 Å². The Bertz CT molecular complexity index is 794. The second-order valence-electron chi connectivity index (χ2n) is 5.86. The average Bonchev–Trinajstić information content (AvgIpc) is 2.66. The topological polar surface area (TPSA) is 84.9 Å². The number of hydrogen-bond donors (Lipinski definition) is 2. The Balaban J connectivity index is 1.88. The third kappa shape index (κ3) is 6.62. The number of carboxylic acids is 1. The first-order valence-electron chi connectivity index (χ1n) is 8.51. The van der Waals surface area contributed by atoms with E-state index in [0.29, 0.717) is 30.0 Å². The molecule has 0 aromatic heterocycles. The van der Waals surface area contributed by atoms with Gasteiger partial charge >= 0.3 is 5.97 Å². The highest BCUT2D eigenvalue weighted by molar-refractivity contribution is 5.80. The normalized spacial score (nSPS) is 10.3. The maximum atomic E-state index is 13.7. The molecule has 0 bridgehead atoms. The molecule has 6 nitrogen and oxygen atoms in total. The number of halogens is 1. The van der Waals surface area contributed by atoms with Gasteiger partial charge < -0.3 is 19.9 Å². The Morgan fingerprint density at radius 2 is 1.89 bits per heavy atom. The van der Waals surface area contributed by atoms with Crippen molar-refractivity contribution in [2.45, 2.75) is 25.9 Å². The number of amides is 1. The number of hydrogen-bond acceptors (Lipinski definition) is 4. The van der Waals surface area contributed by atoms with Crippen LogP contribution in [-0.4, -0.2) is 30.6 Å². The van der Waals surface area contributed by atoms with Crippen LogP contribution in [0, 0.1) is 5.82 Å². The van der Waals surface area contributed by atoms with E-state index in [9.17, 15) is 14.0 Å². The Kier molecular flexibility index (Phi) is 7.61. The molecule has 0 atom stereocenters. The SMILES string of the molecule is COc1cc(CCNC(=O)CCC(=O)O)ccc1OCc1ccccc1F. The summed E-state index contributed by atoms with van der Waals surface area (Å²) in [4.78, 5) is 21.9. The second-order valence-corrected chi connectivity index (χ2v) is 5.86. The molecular weight excluding hydrogens is 353 g/mol. The molecule has 2 aromatic rings. The van der Waals surface area contributed by atoms with Crippen LogP contribution >= 0.6 is 0 Å². The lowest BCUT2D eigenvalue weighted by Gasteiger charge is -2.13. The zero-order valence-electron chi connectivity index (χ0n) is 15.0. The molecule has 1 amide bonds. The van der Waals surface area contributed by atoms with E-state index in [0.717, 1.165) is 5.56 Å². The predicted molar refractivity (Wildman–Crippen MR) is 97.3 cm³/mol. The van der Waals surface area contributed by atoms with Crippen molar-refractivity contribution >= 4 is 11.9 Å². The fraction of sp³-hybridized carbons (Fsp3) is 0.300. The third-order valence-electron chi connectivity index (χ3n) is 3.87. The van der Waals surface area contributed by atoms with Crippen LogP contribution in [0.15, 0.2) is 42.5 Å². The van der Waals surface area contributed by atoms with E-state index < -0.39 is 5.97 Å². The van der Waals surface area contributed by atoms with Gasteiger partial charge in [-0.15, -0.1) is 0 Å². The minimum absolute atomic E-state index is 0.0402. The van der Waals surface area contributed by atoms with Crippen molar-refractivity contribution in [3.8, 4) is 11.5 Å². The van der Waals surface area contributed by atoms with Gasteiger partial charge in [-0.05, 0) is 30.2 Å². The van der Waals surface area contributed by atoms with E-state index in [2.05, 4.69) is 5.32 Å². The van der Waals surface area contributed by atoms with Gasteiger partial charge in [-0.1, -0.05) is 24.3 Å². The van der Waals surface area contributed by atoms with Crippen LogP contribution in [0.4, 0.5) is 4.39 Å². The Labute approximate surface area is 156 Å². The summed E-state index contributed by atoms with van der Waals surface area (Å²) in [6.45, 7) is 0.471. The van der Waals surface area contributed by atoms with E-state index in [1.807, 2.05) is 6.07 Å². The van der Waals surface area contributed by atoms with Gasteiger partial charge in [0.25, 0.3) is 0 Å². The van der Waals surface area contributed by atoms with Crippen molar-refractivity contribution in [1.82, 2.24) is 5.32 Å². The van der Waals surface area contributed by atoms with Gasteiger partial charge in [-0.2, -0.15) is 0 Å². The second kappa shape index (κ2) is 10.2. The summed E-state index contributed by atoms with van der Waals surface area (Å²) in [6, 6.07) is 11.8. The standard InChI is InChI=1S/C20H22FNO5/c1-26-18-12-14(10-11-22-19(23)8-9-20(24)25)6-7-17(18)27-13-15-4-2-3-5-16(15)21/h2-7,12H,8-11,13H2,1H3,(H,22,23)(H,24,25). The number of rotatable bonds is 10. The van der Waals surface area contributed by atoms with Crippen LogP contribution in [-0.2, 0) is 22.6 Å². The number of carbonyl (C=O) groups is 2. The first kappa shape index (κ1) is 20.2. The van der Waals surface area contributed by atoms with Crippen molar-refractivity contribution in [2.75, 3.05) is 13.7 Å². The number of nitrogens with one attached hydrogen (secondary N) is 1. The fourth-order valence-corrected chi connectivity index (χ4v) is 2.41. The third-order valence-corrected chi connectivity index (χ3v) is 3.87. The lowest BCUT2D eigenvalue weighted by Crippen LogP contribution is -2.26. The molecule has 2 rings (SSSR count). The monoisotopic (exact) mass is 375 g/mol. The first-order chi connectivity index (χ1) is 13.0. The number of benzene rings is 2. The number of carbonyl (C=O) groups excluding carboxylic acids is 1. The van der Waals surface area contributed by atoms with Crippen LogP contribution in [0.25, 0.3) is 0 Å². The molecule has 0 fully saturated rings. The Hall–Kier alpha value is -3.09. The molecule has 2 aromatic carbocycles. The fourth-order valence-electron chi connectivity index (χ4n) is 2.41. The van der Waals surface area contributed by atoms with Crippen molar-refractivity contribution in [1.29, 1.82) is 0 Å². The molecule has 0 aliphatic heterocycles. The lowest BCUT2D eigenvalue weighted by atomic mass is 10.1. The summed E-state index contributed by atoms with van der Waals surface area (Å²) in [5, 5.41) is 11.2. The molecule has 2 N–H and O–H groups in total. The van der Waals surface area contributed by atoms with Gasteiger partial charge in [0.15, 0.2) is 11.5 Å². The zero-order valence-corrected chi connectivity index (χ0v) is 15.0. The average molecular weight is 375 g/mol. The molecule has 0 aliphatic carbocycles. The van der Waals surface area contributed by atoms with Gasteiger partial charge in [0.2, 0.25) is 5.91 Å². The largest absolute Gasteiger partial charge is 0.493 e. The minimum atomic E-state index is -0.999. The van der Waals surface area contributed by atoms with Crippen LogP contribution in [0.2, 0.25) is 0 Å². The summed E-state index contributed by atoms with van der Waals surface area (Å²) < 4.78 is 24.6. The maximum Gasteiger partial charge on any atom is 0.303 e. The molecule has 7 heteroatoms. The summed E-state index contributed by atoms with van der Waals surface area (Å²) >= 11 is 0. The molecule has 0 saturated carbocycles. The number of ether oxygens (including phenoxy) is 2. The minimum Gasteiger partial charge on any atom is -0.493 e. The number of aliphatic carboxylic acids is 1. The van der Waals surface area contributed by atoms with Crippen LogP contribution in [0.3, 0.4) is 0 Å². The summed E-state index contributed by atoms with van der Waals surface area (Å²) in [5.74, 6) is -0.613. The predicted octanol–water partition coefficient (Wildman–Crippen LogP) is 2.94. The molecule has 0 spiro atoms. The van der Waals surface area contributed by atoms with Crippen molar-refractivity contribution in [2.24, 2.45) is 0 Å². The molecule has 0 saturated heterocycles. The summed E-state index contributed by atoms with van der Waals surface area (Å²) in [5.41, 5.74) is 1.37. The quantitative estimate of drug-likeness (QED) is 0.667. The van der Waals surface area contributed by atoms with Gasteiger partial charge in [0.1, 0.15) is 12.4 Å². The van der Waals surface area contributed by atoms with Gasteiger partial charge in [0, 0.05) is 18.5 Å².